The van der Waals surface area contributed by atoms with Gasteiger partial charge < -0.3 is 4.90 Å². The second kappa shape index (κ2) is 9.86. The molecule has 0 aromatic carbocycles. The number of hydrogen-bond donors (Lipinski definition) is 3. The number of hydrogen-bond acceptors (Lipinski definition) is 6. The van der Waals surface area contributed by atoms with E-state index in [9.17, 15) is 22.4 Å². The van der Waals surface area contributed by atoms with Gasteiger partial charge >= 0.3 is 0 Å². The first-order valence-corrected chi connectivity index (χ1v) is 12.8. The van der Waals surface area contributed by atoms with Crippen LogP contribution < -0.4 is 15.6 Å². The molecule has 0 aromatic heterocycles. The SMILES string of the molecule is CC(=O)N1C[C@H](CS(=O)(=O)NNC(=O)C2CC(C3CN(C)CN3)CC(Cl)C2F)[C@@H](C)C1. The molecule has 1 aliphatic carbocycles. The quantitative estimate of drug-likeness (QED) is 0.360. The van der Waals surface area contributed by atoms with Crippen LogP contribution in [0.5, 0.6) is 0 Å². The summed E-state index contributed by atoms with van der Waals surface area (Å²) in [4.78, 5) is 30.0. The van der Waals surface area contributed by atoms with Crippen molar-refractivity contribution in [2.45, 2.75) is 44.3 Å². The van der Waals surface area contributed by atoms with Crippen LogP contribution in [0.1, 0.15) is 26.7 Å². The summed E-state index contributed by atoms with van der Waals surface area (Å²) >= 11 is 6.21. The highest BCUT2D eigenvalue weighted by Crippen LogP contribution is 2.37. The maximum atomic E-state index is 14.7. The lowest BCUT2D eigenvalue weighted by Crippen LogP contribution is -2.52. The van der Waals surface area contributed by atoms with Crippen LogP contribution in [0.15, 0.2) is 0 Å². The summed E-state index contributed by atoms with van der Waals surface area (Å²) in [6.07, 6.45) is -0.771. The van der Waals surface area contributed by atoms with Crippen molar-refractivity contribution in [3.63, 3.8) is 0 Å². The third-order valence-corrected chi connectivity index (χ3v) is 8.53. The molecule has 31 heavy (non-hydrogen) atoms. The zero-order valence-corrected chi connectivity index (χ0v) is 19.8. The second-order valence-electron chi connectivity index (χ2n) is 9.34. The Bertz CT molecular complexity index is 787. The van der Waals surface area contributed by atoms with Crippen molar-refractivity contribution in [1.82, 2.24) is 25.4 Å². The van der Waals surface area contributed by atoms with E-state index in [0.717, 1.165) is 13.2 Å². The summed E-state index contributed by atoms with van der Waals surface area (Å²) in [5, 5.41) is 2.56. The number of nitrogens with zero attached hydrogens (tertiary/aromatic N) is 2. The molecule has 3 N–H and O–H groups in total. The number of carbonyl (C=O) groups is 2. The van der Waals surface area contributed by atoms with Gasteiger partial charge in [-0.25, -0.2) is 12.8 Å². The van der Waals surface area contributed by atoms with E-state index in [1.54, 1.807) is 4.90 Å². The Morgan fingerprint density at radius 3 is 2.52 bits per heavy atom. The molecule has 3 rings (SSSR count). The highest BCUT2D eigenvalue weighted by molar-refractivity contribution is 7.89. The van der Waals surface area contributed by atoms with Gasteiger partial charge in [0.05, 0.1) is 17.0 Å². The summed E-state index contributed by atoms with van der Waals surface area (Å²) in [6, 6.07) is 0.124. The number of likely N-dealkylation sites (N-methyl/N-ethyl adjacent to an activating group) is 1. The molecular weight excluding hydrogens is 449 g/mol. The fourth-order valence-electron chi connectivity index (χ4n) is 4.91. The van der Waals surface area contributed by atoms with Crippen molar-refractivity contribution in [3.05, 3.63) is 0 Å². The van der Waals surface area contributed by atoms with E-state index in [4.69, 9.17) is 11.6 Å². The fourth-order valence-corrected chi connectivity index (χ4v) is 6.65. The van der Waals surface area contributed by atoms with Crippen molar-refractivity contribution < 1.29 is 22.4 Å². The zero-order chi connectivity index (χ0) is 22.9. The van der Waals surface area contributed by atoms with Crippen LogP contribution in [0.3, 0.4) is 0 Å². The molecule has 3 fully saturated rings. The fraction of sp³-hybridized carbons (Fsp3) is 0.895. The number of likely N-dealkylation sites (tertiary alicyclic amines) is 1. The number of rotatable bonds is 6. The molecule has 2 saturated heterocycles. The minimum absolute atomic E-state index is 0.0274. The minimum atomic E-state index is -3.84. The van der Waals surface area contributed by atoms with Gasteiger partial charge in [0.1, 0.15) is 6.17 Å². The normalized spacial score (nSPS) is 37.2. The number of carbonyl (C=O) groups excluding carboxylic acids is 2. The highest BCUT2D eigenvalue weighted by Gasteiger charge is 2.44. The molecule has 9 nitrogen and oxygen atoms in total. The van der Waals surface area contributed by atoms with E-state index in [1.807, 2.05) is 14.0 Å². The Morgan fingerprint density at radius 1 is 1.23 bits per heavy atom. The maximum absolute atomic E-state index is 14.7. The molecule has 0 bridgehead atoms. The van der Waals surface area contributed by atoms with Crippen molar-refractivity contribution >= 4 is 33.4 Å². The van der Waals surface area contributed by atoms with Gasteiger partial charge in [-0.1, -0.05) is 6.92 Å². The molecule has 5 unspecified atom stereocenters. The molecule has 12 heteroatoms. The van der Waals surface area contributed by atoms with E-state index in [0.29, 0.717) is 25.9 Å². The number of alkyl halides is 2. The van der Waals surface area contributed by atoms with Crippen LogP contribution in [0, 0.1) is 23.7 Å². The Labute approximate surface area is 188 Å². The van der Waals surface area contributed by atoms with E-state index in [2.05, 4.69) is 20.5 Å². The number of nitrogens with one attached hydrogen (secondary N) is 3. The second-order valence-corrected chi connectivity index (χ2v) is 11.7. The molecule has 1 saturated carbocycles. The first-order valence-electron chi connectivity index (χ1n) is 10.7. The van der Waals surface area contributed by atoms with E-state index in [-0.39, 0.29) is 35.5 Å². The number of halogens is 2. The zero-order valence-electron chi connectivity index (χ0n) is 18.2. The Morgan fingerprint density at radius 2 is 1.94 bits per heavy atom. The summed E-state index contributed by atoms with van der Waals surface area (Å²) in [6.45, 7) is 5.74. The average molecular weight is 482 g/mol. The number of sulfonamides is 1. The average Bonchev–Trinajstić information content (AvgIpc) is 3.28. The maximum Gasteiger partial charge on any atom is 0.241 e. The Hall–Kier alpha value is -1.01. The predicted octanol–water partition coefficient (Wildman–Crippen LogP) is -0.116. The third-order valence-electron chi connectivity index (χ3n) is 6.83. The van der Waals surface area contributed by atoms with Crippen LogP contribution in [0.2, 0.25) is 0 Å². The number of hydrazine groups is 1. The largest absolute Gasteiger partial charge is 0.342 e. The first-order chi connectivity index (χ1) is 14.5. The molecule has 0 radical (unpaired) electrons. The smallest absolute Gasteiger partial charge is 0.241 e. The molecule has 2 amide bonds. The van der Waals surface area contributed by atoms with Crippen LogP contribution in [-0.4, -0.2) is 86.7 Å². The van der Waals surface area contributed by atoms with Crippen molar-refractivity contribution in [2.75, 3.05) is 39.1 Å². The molecule has 0 spiro atoms. The van der Waals surface area contributed by atoms with Crippen LogP contribution in [-0.2, 0) is 19.6 Å². The van der Waals surface area contributed by atoms with Crippen LogP contribution >= 0.6 is 11.6 Å². The summed E-state index contributed by atoms with van der Waals surface area (Å²) in [5.41, 5.74) is 2.20. The Kier molecular flexibility index (Phi) is 7.83. The van der Waals surface area contributed by atoms with E-state index in [1.165, 1.54) is 6.92 Å². The molecule has 2 heterocycles. The summed E-state index contributed by atoms with van der Waals surface area (Å²) in [7, 11) is -1.86. The van der Waals surface area contributed by atoms with Gasteiger partial charge in [-0.3, -0.25) is 25.2 Å². The van der Waals surface area contributed by atoms with Gasteiger partial charge in [0.15, 0.2) is 0 Å². The van der Waals surface area contributed by atoms with Gasteiger partial charge in [0.25, 0.3) is 0 Å². The summed E-state index contributed by atoms with van der Waals surface area (Å²) < 4.78 is 39.7. The van der Waals surface area contributed by atoms with Gasteiger partial charge in [0.2, 0.25) is 21.8 Å². The molecule has 2 aliphatic heterocycles. The molecule has 178 valence electrons. The van der Waals surface area contributed by atoms with Gasteiger partial charge in [-0.15, -0.1) is 16.4 Å². The number of amides is 2. The van der Waals surface area contributed by atoms with Crippen LogP contribution in [0.25, 0.3) is 0 Å². The molecule has 0 aromatic rings. The third kappa shape index (κ3) is 6.07. The lowest BCUT2D eigenvalue weighted by atomic mass is 9.76. The van der Waals surface area contributed by atoms with E-state index >= 15 is 0 Å². The Balaban J connectivity index is 1.55. The van der Waals surface area contributed by atoms with Crippen molar-refractivity contribution in [3.8, 4) is 0 Å². The molecule has 7 atom stereocenters. The topological polar surface area (TPSA) is 111 Å². The molecule has 3 aliphatic rings. The minimum Gasteiger partial charge on any atom is -0.342 e. The standard InChI is InChI=1S/C19H33ClFN5O4S/c1-11-6-26(12(2)27)7-14(11)9-31(29,30)24-23-19(28)15-4-13(5-16(20)18(15)21)17-8-25(3)10-22-17/h11,13-18,22,24H,4-10H2,1-3H3,(H,23,28)/t11-,13?,14+,15?,16?,17?,18?/m0/s1. The van der Waals surface area contributed by atoms with Crippen molar-refractivity contribution in [1.29, 1.82) is 0 Å². The lowest BCUT2D eigenvalue weighted by molar-refractivity contribution is -0.129. The summed E-state index contributed by atoms with van der Waals surface area (Å²) in [5.74, 6) is -2.21. The van der Waals surface area contributed by atoms with Gasteiger partial charge in [0, 0.05) is 39.3 Å². The van der Waals surface area contributed by atoms with Crippen molar-refractivity contribution in [2.24, 2.45) is 23.7 Å². The predicted molar refractivity (Wildman–Crippen MR) is 115 cm³/mol. The van der Waals surface area contributed by atoms with Crippen LogP contribution in [0.4, 0.5) is 4.39 Å². The monoisotopic (exact) mass is 481 g/mol. The van der Waals surface area contributed by atoms with Gasteiger partial charge in [-0.2, -0.15) is 0 Å². The first kappa shape index (κ1) is 24.6. The van der Waals surface area contributed by atoms with Gasteiger partial charge in [-0.05, 0) is 37.6 Å². The highest BCUT2D eigenvalue weighted by atomic mass is 35.5. The molecular formula is C19H33ClFN5O4S. The van der Waals surface area contributed by atoms with E-state index < -0.39 is 33.4 Å². The lowest BCUT2D eigenvalue weighted by Gasteiger charge is -2.37.